The zero-order valence-electron chi connectivity index (χ0n) is 8.46. The van der Waals surface area contributed by atoms with Gasteiger partial charge in [0.2, 0.25) is 0 Å². The molecule has 0 amide bonds. The van der Waals surface area contributed by atoms with Gasteiger partial charge in [0.05, 0.1) is 11.4 Å². The molecule has 0 atom stereocenters. The third kappa shape index (κ3) is 1.55. The van der Waals surface area contributed by atoms with E-state index < -0.39 is 0 Å². The number of hydrogen-bond donors (Lipinski definition) is 2. The molecule has 0 saturated carbocycles. The van der Waals surface area contributed by atoms with E-state index in [0.717, 1.165) is 30.9 Å². The van der Waals surface area contributed by atoms with Gasteiger partial charge in [-0.15, -0.1) is 0 Å². The van der Waals surface area contributed by atoms with E-state index in [9.17, 15) is 0 Å². The minimum absolute atomic E-state index is 0.947. The van der Waals surface area contributed by atoms with Crippen LogP contribution in [0.3, 0.4) is 0 Å². The number of nitrogens with zero attached hydrogens (tertiary/aromatic N) is 1. The first kappa shape index (κ1) is 8.68. The van der Waals surface area contributed by atoms with Gasteiger partial charge in [0.1, 0.15) is 0 Å². The molecule has 76 valence electrons. The molecule has 0 spiro atoms. The Labute approximate surface area is 88.6 Å². The summed E-state index contributed by atoms with van der Waals surface area (Å²) >= 11 is 0. The van der Waals surface area contributed by atoms with Crippen molar-refractivity contribution in [2.45, 2.75) is 13.0 Å². The lowest BCUT2D eigenvalue weighted by Crippen LogP contribution is -2.22. The molecular weight excluding hydrogens is 186 g/mol. The van der Waals surface area contributed by atoms with E-state index in [1.807, 2.05) is 24.4 Å². The van der Waals surface area contributed by atoms with E-state index in [2.05, 4.69) is 21.4 Å². The highest BCUT2D eigenvalue weighted by atomic mass is 14.9. The van der Waals surface area contributed by atoms with Crippen LogP contribution in [0.15, 0.2) is 30.5 Å². The molecular formula is C12H13N3. The van der Waals surface area contributed by atoms with Gasteiger partial charge in [0.15, 0.2) is 0 Å². The first-order chi connectivity index (χ1) is 7.43. The number of nitrogens with one attached hydrogen (secondary N) is 2. The van der Waals surface area contributed by atoms with Crippen LogP contribution in [0.1, 0.15) is 11.3 Å². The maximum Gasteiger partial charge on any atom is 0.0864 e. The summed E-state index contributed by atoms with van der Waals surface area (Å²) in [6.07, 6.45) is 2.94. The van der Waals surface area contributed by atoms with Crippen molar-refractivity contribution in [3.8, 4) is 11.4 Å². The molecule has 0 radical (unpaired) electrons. The SMILES string of the molecule is c1ccc(-c2cc3c([nH]2)CNCC3)nc1. The van der Waals surface area contributed by atoms with Crippen molar-refractivity contribution in [3.63, 3.8) is 0 Å². The number of aromatic nitrogens is 2. The summed E-state index contributed by atoms with van der Waals surface area (Å²) in [4.78, 5) is 7.77. The molecule has 0 saturated heterocycles. The van der Waals surface area contributed by atoms with E-state index in [1.54, 1.807) is 0 Å². The lowest BCUT2D eigenvalue weighted by Gasteiger charge is -2.11. The summed E-state index contributed by atoms with van der Waals surface area (Å²) < 4.78 is 0. The van der Waals surface area contributed by atoms with Gasteiger partial charge in [-0.25, -0.2) is 0 Å². The van der Waals surface area contributed by atoms with Gasteiger partial charge < -0.3 is 10.3 Å². The van der Waals surface area contributed by atoms with Gasteiger partial charge in [0, 0.05) is 18.4 Å². The molecule has 1 aliphatic rings. The van der Waals surface area contributed by atoms with Crippen LogP contribution in [0.25, 0.3) is 11.4 Å². The molecule has 0 bridgehead atoms. The number of hydrogen-bond acceptors (Lipinski definition) is 2. The molecule has 0 aliphatic carbocycles. The third-order valence-corrected chi connectivity index (χ3v) is 2.81. The maximum absolute atomic E-state index is 4.34. The highest BCUT2D eigenvalue weighted by Crippen LogP contribution is 2.21. The summed E-state index contributed by atoms with van der Waals surface area (Å²) in [5, 5.41) is 3.35. The van der Waals surface area contributed by atoms with E-state index in [-0.39, 0.29) is 0 Å². The summed E-state index contributed by atoms with van der Waals surface area (Å²) in [6, 6.07) is 8.21. The van der Waals surface area contributed by atoms with Crippen LogP contribution in [0.4, 0.5) is 0 Å². The lowest BCUT2D eigenvalue weighted by atomic mass is 10.1. The summed E-state index contributed by atoms with van der Waals surface area (Å²) in [7, 11) is 0. The second-order valence-electron chi connectivity index (χ2n) is 3.83. The smallest absolute Gasteiger partial charge is 0.0864 e. The third-order valence-electron chi connectivity index (χ3n) is 2.81. The Morgan fingerprint density at radius 2 is 2.27 bits per heavy atom. The van der Waals surface area contributed by atoms with E-state index >= 15 is 0 Å². The predicted molar refractivity (Wildman–Crippen MR) is 59.4 cm³/mol. The van der Waals surface area contributed by atoms with Crippen LogP contribution in [0.2, 0.25) is 0 Å². The second kappa shape index (κ2) is 3.51. The number of aromatic amines is 1. The van der Waals surface area contributed by atoms with Crippen LogP contribution in [0, 0.1) is 0 Å². The van der Waals surface area contributed by atoms with Gasteiger partial charge in [0.25, 0.3) is 0 Å². The Kier molecular flexibility index (Phi) is 2.03. The fourth-order valence-electron chi connectivity index (χ4n) is 2.02. The van der Waals surface area contributed by atoms with Crippen LogP contribution < -0.4 is 5.32 Å². The van der Waals surface area contributed by atoms with Gasteiger partial charge in [-0.1, -0.05) is 6.07 Å². The Bertz CT molecular complexity index is 435. The number of fused-ring (bicyclic) bond motifs is 1. The first-order valence-electron chi connectivity index (χ1n) is 5.26. The fraction of sp³-hybridized carbons (Fsp3) is 0.250. The molecule has 2 aromatic heterocycles. The monoisotopic (exact) mass is 199 g/mol. The van der Waals surface area contributed by atoms with Crippen molar-refractivity contribution in [3.05, 3.63) is 41.7 Å². The largest absolute Gasteiger partial charge is 0.356 e. The minimum atomic E-state index is 0.947. The average Bonchev–Trinajstić information content (AvgIpc) is 2.74. The van der Waals surface area contributed by atoms with Crippen molar-refractivity contribution in [2.24, 2.45) is 0 Å². The molecule has 1 aliphatic heterocycles. The normalized spacial score (nSPS) is 14.9. The molecule has 3 heteroatoms. The molecule has 2 aromatic rings. The summed E-state index contributed by atoms with van der Waals surface area (Å²) in [6.45, 7) is 2.02. The van der Waals surface area contributed by atoms with Crippen LogP contribution in [-0.4, -0.2) is 16.5 Å². The lowest BCUT2D eigenvalue weighted by molar-refractivity contribution is 0.635. The van der Waals surface area contributed by atoms with Gasteiger partial charge in [-0.05, 0) is 36.7 Å². The first-order valence-corrected chi connectivity index (χ1v) is 5.26. The highest BCUT2D eigenvalue weighted by Gasteiger charge is 2.12. The molecule has 3 nitrogen and oxygen atoms in total. The zero-order valence-corrected chi connectivity index (χ0v) is 8.46. The zero-order chi connectivity index (χ0) is 10.1. The summed E-state index contributed by atoms with van der Waals surface area (Å²) in [5.74, 6) is 0. The van der Waals surface area contributed by atoms with Gasteiger partial charge in [-0.2, -0.15) is 0 Å². The van der Waals surface area contributed by atoms with Crippen molar-refractivity contribution >= 4 is 0 Å². The molecule has 0 unspecified atom stereocenters. The van der Waals surface area contributed by atoms with Crippen molar-refractivity contribution in [2.75, 3.05) is 6.54 Å². The Morgan fingerprint density at radius 3 is 3.07 bits per heavy atom. The molecule has 0 aromatic carbocycles. The molecule has 0 fully saturated rings. The number of pyridine rings is 1. The fourth-order valence-corrected chi connectivity index (χ4v) is 2.02. The molecule has 2 N–H and O–H groups in total. The van der Waals surface area contributed by atoms with Gasteiger partial charge >= 0.3 is 0 Å². The number of rotatable bonds is 1. The Hall–Kier alpha value is -1.61. The van der Waals surface area contributed by atoms with Crippen molar-refractivity contribution < 1.29 is 0 Å². The topological polar surface area (TPSA) is 40.7 Å². The summed E-state index contributed by atoms with van der Waals surface area (Å²) in [5.41, 5.74) is 4.88. The van der Waals surface area contributed by atoms with Crippen LogP contribution >= 0.6 is 0 Å². The molecule has 15 heavy (non-hydrogen) atoms. The average molecular weight is 199 g/mol. The maximum atomic E-state index is 4.34. The highest BCUT2D eigenvalue weighted by molar-refractivity contribution is 5.57. The minimum Gasteiger partial charge on any atom is -0.356 e. The van der Waals surface area contributed by atoms with Gasteiger partial charge in [-0.3, -0.25) is 4.98 Å². The predicted octanol–water partition coefficient (Wildman–Crippen LogP) is 1.72. The van der Waals surface area contributed by atoms with E-state index in [4.69, 9.17) is 0 Å². The van der Waals surface area contributed by atoms with Crippen LogP contribution in [-0.2, 0) is 13.0 Å². The Balaban J connectivity index is 2.03. The van der Waals surface area contributed by atoms with Crippen molar-refractivity contribution in [1.82, 2.24) is 15.3 Å². The number of H-pyrrole nitrogens is 1. The molecule has 3 heterocycles. The quantitative estimate of drug-likeness (QED) is 0.734. The van der Waals surface area contributed by atoms with Crippen molar-refractivity contribution in [1.29, 1.82) is 0 Å². The Morgan fingerprint density at radius 1 is 1.27 bits per heavy atom. The standard InChI is InChI=1S/C12H13N3/c1-2-5-14-10(3-1)11-7-9-4-6-13-8-12(9)15-11/h1-3,5,7,13,15H,4,6,8H2. The van der Waals surface area contributed by atoms with Crippen LogP contribution in [0.5, 0.6) is 0 Å². The second-order valence-corrected chi connectivity index (χ2v) is 3.83. The van der Waals surface area contributed by atoms with E-state index in [0.29, 0.717) is 0 Å². The van der Waals surface area contributed by atoms with E-state index in [1.165, 1.54) is 11.3 Å². The molecule has 3 rings (SSSR count).